The van der Waals surface area contributed by atoms with Crippen LogP contribution < -0.4 is 0 Å². The number of fused-ring (bicyclic) bond motifs is 1. The number of ether oxygens (including phenoxy) is 2. The highest BCUT2D eigenvalue weighted by Gasteiger charge is 2.23. The standard InChI is InChI=1S/C20H23N3O4S.C2H6/c1-13-17(20(25)27-11-10-26-9-8-23(2)3)22-19(28-13)18(24)15-12-21-16-7-5-4-6-14(15)16;1-2/h4-7,12,21H,8-11H2,1-3H3;1-2H3. The molecule has 0 saturated carbocycles. The largest absolute Gasteiger partial charge is 0.458 e. The highest BCUT2D eigenvalue weighted by atomic mass is 32.1. The molecule has 0 aliphatic rings. The lowest BCUT2D eigenvalue weighted by atomic mass is 10.1. The van der Waals surface area contributed by atoms with Crippen molar-refractivity contribution in [3.63, 3.8) is 0 Å². The van der Waals surface area contributed by atoms with Crippen LogP contribution in [0.1, 0.15) is 44.6 Å². The molecule has 1 aromatic carbocycles. The molecule has 0 aliphatic carbocycles. The fraction of sp³-hybridized carbons (Fsp3) is 0.409. The molecular weight excluding hydrogens is 402 g/mol. The summed E-state index contributed by atoms with van der Waals surface area (Å²) in [6, 6.07) is 7.57. The van der Waals surface area contributed by atoms with Crippen LogP contribution >= 0.6 is 11.3 Å². The predicted molar refractivity (Wildman–Crippen MR) is 120 cm³/mol. The van der Waals surface area contributed by atoms with Crippen LogP contribution in [0, 0.1) is 6.92 Å². The van der Waals surface area contributed by atoms with Gasteiger partial charge in [0.25, 0.3) is 0 Å². The van der Waals surface area contributed by atoms with Crippen molar-refractivity contribution in [2.75, 3.05) is 40.5 Å². The summed E-state index contributed by atoms with van der Waals surface area (Å²) in [5.41, 5.74) is 1.60. The number of likely N-dealkylation sites (N-methyl/N-ethyl adjacent to an activating group) is 1. The zero-order chi connectivity index (χ0) is 22.1. The third kappa shape index (κ3) is 5.98. The van der Waals surface area contributed by atoms with Crippen LogP contribution in [0.25, 0.3) is 10.9 Å². The Balaban J connectivity index is 0.00000155. The van der Waals surface area contributed by atoms with Gasteiger partial charge in [0.1, 0.15) is 6.61 Å². The molecule has 0 spiro atoms. The summed E-state index contributed by atoms with van der Waals surface area (Å²) < 4.78 is 10.6. The van der Waals surface area contributed by atoms with Gasteiger partial charge in [-0.1, -0.05) is 32.0 Å². The number of hydrogen-bond acceptors (Lipinski definition) is 7. The average Bonchev–Trinajstić information content (AvgIpc) is 3.35. The lowest BCUT2D eigenvalue weighted by Gasteiger charge is -2.09. The van der Waals surface area contributed by atoms with Gasteiger partial charge in [-0.05, 0) is 27.1 Å². The van der Waals surface area contributed by atoms with E-state index in [-0.39, 0.29) is 23.1 Å². The molecule has 162 valence electrons. The number of hydrogen-bond donors (Lipinski definition) is 1. The van der Waals surface area contributed by atoms with E-state index in [9.17, 15) is 9.59 Å². The Kier molecular flexibility index (Phi) is 9.16. The van der Waals surface area contributed by atoms with Crippen LogP contribution in [0.15, 0.2) is 30.5 Å². The number of aromatic nitrogens is 2. The maximum absolute atomic E-state index is 12.8. The van der Waals surface area contributed by atoms with Crippen molar-refractivity contribution in [1.82, 2.24) is 14.9 Å². The van der Waals surface area contributed by atoms with Crippen LogP contribution in [-0.2, 0) is 9.47 Å². The first-order valence-electron chi connectivity index (χ1n) is 9.95. The maximum Gasteiger partial charge on any atom is 0.358 e. The molecule has 0 amide bonds. The molecule has 3 rings (SSSR count). The monoisotopic (exact) mass is 431 g/mol. The summed E-state index contributed by atoms with van der Waals surface area (Å²) in [7, 11) is 3.92. The van der Waals surface area contributed by atoms with E-state index in [1.54, 1.807) is 13.1 Å². The van der Waals surface area contributed by atoms with Crippen LogP contribution in [0.2, 0.25) is 0 Å². The number of nitrogens with zero attached hydrogens (tertiary/aromatic N) is 2. The Morgan fingerprint density at radius 3 is 2.60 bits per heavy atom. The smallest absolute Gasteiger partial charge is 0.358 e. The Bertz CT molecular complexity index is 978. The van der Waals surface area contributed by atoms with Gasteiger partial charge < -0.3 is 19.4 Å². The highest BCUT2D eigenvalue weighted by molar-refractivity contribution is 7.14. The molecule has 0 radical (unpaired) electrons. The summed E-state index contributed by atoms with van der Waals surface area (Å²) in [5, 5.41) is 1.11. The maximum atomic E-state index is 12.8. The number of benzene rings is 1. The van der Waals surface area contributed by atoms with Crippen molar-refractivity contribution in [2.45, 2.75) is 20.8 Å². The fourth-order valence-electron chi connectivity index (χ4n) is 2.67. The lowest BCUT2D eigenvalue weighted by molar-refractivity contribution is 0.0293. The number of aryl methyl sites for hydroxylation is 1. The SMILES string of the molecule is CC.Cc1sc(C(=O)c2c[nH]c3ccccc23)nc1C(=O)OCCOCCN(C)C. The minimum absolute atomic E-state index is 0.148. The third-order valence-electron chi connectivity index (χ3n) is 4.16. The topological polar surface area (TPSA) is 84.5 Å². The molecule has 8 heteroatoms. The molecule has 0 aliphatic heterocycles. The Labute approximate surface area is 181 Å². The van der Waals surface area contributed by atoms with Crippen molar-refractivity contribution >= 4 is 34.0 Å². The molecule has 3 aromatic rings. The van der Waals surface area contributed by atoms with Crippen LogP contribution in [0.5, 0.6) is 0 Å². The summed E-state index contributed by atoms with van der Waals surface area (Å²) in [5.74, 6) is -0.750. The summed E-state index contributed by atoms with van der Waals surface area (Å²) in [6.45, 7) is 7.61. The van der Waals surface area contributed by atoms with E-state index in [0.717, 1.165) is 17.4 Å². The fourth-order valence-corrected chi connectivity index (χ4v) is 3.52. The van der Waals surface area contributed by atoms with Gasteiger partial charge in [-0.15, -0.1) is 11.3 Å². The quantitative estimate of drug-likeness (QED) is 0.314. The van der Waals surface area contributed by atoms with E-state index in [2.05, 4.69) is 9.97 Å². The number of carbonyl (C=O) groups is 2. The average molecular weight is 432 g/mol. The van der Waals surface area contributed by atoms with Gasteiger partial charge in [-0.25, -0.2) is 9.78 Å². The van der Waals surface area contributed by atoms with Gasteiger partial charge in [-0.2, -0.15) is 0 Å². The number of rotatable bonds is 9. The first-order valence-corrected chi connectivity index (χ1v) is 10.8. The molecule has 30 heavy (non-hydrogen) atoms. The molecule has 7 nitrogen and oxygen atoms in total. The van der Waals surface area contributed by atoms with Gasteiger partial charge in [0.15, 0.2) is 10.7 Å². The number of thiazole rings is 1. The minimum Gasteiger partial charge on any atom is -0.458 e. The van der Waals surface area contributed by atoms with Gasteiger partial charge in [0, 0.05) is 28.5 Å². The van der Waals surface area contributed by atoms with E-state index in [1.165, 1.54) is 11.3 Å². The molecule has 1 N–H and O–H groups in total. The number of H-pyrrole nitrogens is 1. The molecule has 0 bridgehead atoms. The molecular formula is C22H29N3O4S. The van der Waals surface area contributed by atoms with Crippen molar-refractivity contribution in [3.8, 4) is 0 Å². The highest BCUT2D eigenvalue weighted by Crippen LogP contribution is 2.25. The van der Waals surface area contributed by atoms with Gasteiger partial charge in [-0.3, -0.25) is 4.79 Å². The lowest BCUT2D eigenvalue weighted by Crippen LogP contribution is -2.20. The number of carbonyl (C=O) groups excluding carboxylic acids is 2. The second-order valence-electron chi connectivity index (χ2n) is 6.55. The van der Waals surface area contributed by atoms with Crippen molar-refractivity contribution in [1.29, 1.82) is 0 Å². The molecule has 0 fully saturated rings. The molecule has 2 aromatic heterocycles. The first-order chi connectivity index (χ1) is 14.5. The number of para-hydroxylation sites is 1. The molecule has 0 atom stereocenters. The Hall–Kier alpha value is -2.55. The van der Waals surface area contributed by atoms with E-state index < -0.39 is 5.97 Å². The number of ketones is 1. The molecule has 0 saturated heterocycles. The Morgan fingerprint density at radius 2 is 1.87 bits per heavy atom. The Morgan fingerprint density at radius 1 is 1.13 bits per heavy atom. The zero-order valence-electron chi connectivity index (χ0n) is 18.2. The first kappa shape index (κ1) is 23.7. The summed E-state index contributed by atoms with van der Waals surface area (Å²) in [6.07, 6.45) is 1.67. The molecule has 2 heterocycles. The third-order valence-corrected chi connectivity index (χ3v) is 5.13. The van der Waals surface area contributed by atoms with E-state index in [0.29, 0.717) is 23.7 Å². The summed E-state index contributed by atoms with van der Waals surface area (Å²) in [4.78, 5) is 35.1. The number of esters is 1. The van der Waals surface area contributed by atoms with E-state index >= 15 is 0 Å². The normalized spacial score (nSPS) is 10.7. The second-order valence-corrected chi connectivity index (χ2v) is 7.76. The predicted octanol–water partition coefficient (Wildman–Crippen LogP) is 3.93. The summed E-state index contributed by atoms with van der Waals surface area (Å²) >= 11 is 1.20. The molecule has 0 unspecified atom stereocenters. The van der Waals surface area contributed by atoms with Crippen LogP contribution in [0.4, 0.5) is 0 Å². The van der Waals surface area contributed by atoms with Crippen LogP contribution in [-0.4, -0.2) is 67.1 Å². The van der Waals surface area contributed by atoms with Gasteiger partial charge in [0.05, 0.1) is 18.8 Å². The van der Waals surface area contributed by atoms with Crippen molar-refractivity contribution < 1.29 is 19.1 Å². The minimum atomic E-state index is -0.539. The van der Waals surface area contributed by atoms with E-state index in [4.69, 9.17) is 9.47 Å². The van der Waals surface area contributed by atoms with Crippen molar-refractivity contribution in [2.24, 2.45) is 0 Å². The van der Waals surface area contributed by atoms with Gasteiger partial charge >= 0.3 is 5.97 Å². The van der Waals surface area contributed by atoms with Crippen molar-refractivity contribution in [3.05, 3.63) is 51.6 Å². The zero-order valence-corrected chi connectivity index (χ0v) is 19.0. The number of nitrogens with one attached hydrogen (secondary N) is 1. The van der Waals surface area contributed by atoms with E-state index in [1.807, 2.05) is 57.1 Å². The second kappa shape index (κ2) is 11.6. The van der Waals surface area contributed by atoms with Gasteiger partial charge in [0.2, 0.25) is 5.78 Å². The van der Waals surface area contributed by atoms with Crippen LogP contribution in [0.3, 0.4) is 0 Å². The number of aromatic amines is 1.